The Hall–Kier alpha value is -0.590. The quantitative estimate of drug-likeness (QED) is 0.606. The van der Waals surface area contributed by atoms with E-state index >= 15 is 0 Å². The summed E-state index contributed by atoms with van der Waals surface area (Å²) in [6.07, 6.45) is 11.1. The molecule has 0 saturated heterocycles. The summed E-state index contributed by atoms with van der Waals surface area (Å²) >= 11 is 0. The maximum Gasteiger partial charge on any atom is 0.103 e. The van der Waals surface area contributed by atoms with Gasteiger partial charge in [-0.1, -0.05) is 33.1 Å². The molecule has 1 N–H and O–H groups in total. The highest BCUT2D eigenvalue weighted by Crippen LogP contribution is 2.29. The Bertz CT molecular complexity index is 313. The predicted octanol–water partition coefficient (Wildman–Crippen LogP) is 4.42. The molecule has 1 fully saturated rings. The second-order valence-corrected chi connectivity index (χ2v) is 6.69. The van der Waals surface area contributed by atoms with Gasteiger partial charge in [0.05, 0.1) is 12.2 Å². The van der Waals surface area contributed by atoms with Crippen LogP contribution in [-0.4, -0.2) is 24.8 Å². The van der Waals surface area contributed by atoms with Gasteiger partial charge in [-0.15, -0.1) is 0 Å². The van der Waals surface area contributed by atoms with Crippen LogP contribution < -0.4 is 5.32 Å². The highest BCUT2D eigenvalue weighted by atomic mass is 16.5. The maximum atomic E-state index is 9.30. The first-order valence-electron chi connectivity index (χ1n) is 8.93. The fourth-order valence-electron chi connectivity index (χ4n) is 3.26. The summed E-state index contributed by atoms with van der Waals surface area (Å²) < 4.78 is 6.11. The summed E-state index contributed by atoms with van der Waals surface area (Å²) in [5.41, 5.74) is -0.368. The smallest absolute Gasteiger partial charge is 0.103 e. The van der Waals surface area contributed by atoms with Crippen molar-refractivity contribution in [3.8, 4) is 6.07 Å². The van der Waals surface area contributed by atoms with Crippen LogP contribution in [0.1, 0.15) is 78.6 Å². The average molecular weight is 294 g/mol. The second-order valence-electron chi connectivity index (χ2n) is 6.69. The van der Waals surface area contributed by atoms with Gasteiger partial charge in [0.1, 0.15) is 5.54 Å². The van der Waals surface area contributed by atoms with Crippen molar-refractivity contribution in [3.63, 3.8) is 0 Å². The molecule has 3 nitrogen and oxygen atoms in total. The third kappa shape index (κ3) is 6.80. The number of rotatable bonds is 10. The van der Waals surface area contributed by atoms with Crippen LogP contribution >= 0.6 is 0 Å². The first-order valence-corrected chi connectivity index (χ1v) is 8.93. The van der Waals surface area contributed by atoms with Gasteiger partial charge in [0.15, 0.2) is 0 Å². The van der Waals surface area contributed by atoms with E-state index in [1.54, 1.807) is 0 Å². The van der Waals surface area contributed by atoms with Crippen LogP contribution in [0.3, 0.4) is 0 Å². The van der Waals surface area contributed by atoms with E-state index in [0.29, 0.717) is 6.10 Å². The number of ether oxygens (including phenoxy) is 1. The molecule has 0 aromatic heterocycles. The number of nitrogens with one attached hydrogen (secondary N) is 1. The molecule has 1 aliphatic rings. The maximum absolute atomic E-state index is 9.30. The molecular weight excluding hydrogens is 260 g/mol. The van der Waals surface area contributed by atoms with Crippen molar-refractivity contribution in [1.82, 2.24) is 5.32 Å². The number of hydrogen-bond acceptors (Lipinski definition) is 3. The SMILES string of the molecule is CCCNC(C)(C#N)CCCCOC1CCCCC1CC. The lowest BCUT2D eigenvalue weighted by Crippen LogP contribution is -2.41. The van der Waals surface area contributed by atoms with Gasteiger partial charge in [0.25, 0.3) is 0 Å². The van der Waals surface area contributed by atoms with Crippen LogP contribution in [0.4, 0.5) is 0 Å². The van der Waals surface area contributed by atoms with Gasteiger partial charge in [-0.3, -0.25) is 5.32 Å². The number of nitrogens with zero attached hydrogens (tertiary/aromatic N) is 1. The number of nitriles is 1. The average Bonchev–Trinajstić information content (AvgIpc) is 2.53. The first kappa shape index (κ1) is 18.5. The molecule has 0 amide bonds. The van der Waals surface area contributed by atoms with Crippen molar-refractivity contribution in [2.45, 2.75) is 90.2 Å². The molecule has 3 atom stereocenters. The molecule has 0 aliphatic heterocycles. The van der Waals surface area contributed by atoms with Crippen molar-refractivity contribution in [2.24, 2.45) is 5.92 Å². The monoisotopic (exact) mass is 294 g/mol. The van der Waals surface area contributed by atoms with Crippen LogP contribution in [-0.2, 0) is 4.74 Å². The van der Waals surface area contributed by atoms with Gasteiger partial charge in [-0.25, -0.2) is 0 Å². The minimum atomic E-state index is -0.368. The third-order valence-electron chi connectivity index (χ3n) is 4.78. The summed E-state index contributed by atoms with van der Waals surface area (Å²) in [5, 5.41) is 12.6. The molecule has 1 aliphatic carbocycles. The van der Waals surface area contributed by atoms with E-state index in [4.69, 9.17) is 4.74 Å². The van der Waals surface area contributed by atoms with E-state index in [-0.39, 0.29) is 5.54 Å². The van der Waals surface area contributed by atoms with Gasteiger partial charge >= 0.3 is 0 Å². The van der Waals surface area contributed by atoms with Crippen molar-refractivity contribution in [1.29, 1.82) is 5.26 Å². The zero-order valence-electron chi connectivity index (χ0n) is 14.3. The van der Waals surface area contributed by atoms with Gasteiger partial charge in [-0.2, -0.15) is 5.26 Å². The van der Waals surface area contributed by atoms with Crippen molar-refractivity contribution < 1.29 is 4.74 Å². The minimum Gasteiger partial charge on any atom is -0.378 e. The fraction of sp³-hybridized carbons (Fsp3) is 0.944. The summed E-state index contributed by atoms with van der Waals surface area (Å²) in [7, 11) is 0. The van der Waals surface area contributed by atoms with Crippen LogP contribution in [0.15, 0.2) is 0 Å². The zero-order chi connectivity index (χ0) is 15.6. The molecule has 1 rings (SSSR count). The van der Waals surface area contributed by atoms with Crippen molar-refractivity contribution in [2.75, 3.05) is 13.2 Å². The highest BCUT2D eigenvalue weighted by Gasteiger charge is 2.24. The Morgan fingerprint density at radius 2 is 2.00 bits per heavy atom. The number of hydrogen-bond donors (Lipinski definition) is 1. The molecular formula is C18H34N2O. The lowest BCUT2D eigenvalue weighted by molar-refractivity contribution is -0.0137. The van der Waals surface area contributed by atoms with E-state index in [2.05, 4.69) is 25.2 Å². The van der Waals surface area contributed by atoms with Gasteiger partial charge in [-0.05, 0) is 57.9 Å². The molecule has 0 heterocycles. The molecule has 3 unspecified atom stereocenters. The van der Waals surface area contributed by atoms with E-state index in [1.165, 1.54) is 32.1 Å². The van der Waals surface area contributed by atoms with Crippen LogP contribution in [0.25, 0.3) is 0 Å². The second kappa shape index (κ2) is 10.2. The Labute approximate surface area is 131 Å². The van der Waals surface area contributed by atoms with E-state index in [1.807, 2.05) is 6.92 Å². The van der Waals surface area contributed by atoms with Gasteiger partial charge < -0.3 is 4.74 Å². The largest absolute Gasteiger partial charge is 0.378 e. The third-order valence-corrected chi connectivity index (χ3v) is 4.78. The lowest BCUT2D eigenvalue weighted by atomic mass is 9.85. The predicted molar refractivity (Wildman–Crippen MR) is 88.2 cm³/mol. The topological polar surface area (TPSA) is 45.0 Å². The Morgan fingerprint density at radius 1 is 1.24 bits per heavy atom. The molecule has 0 aromatic carbocycles. The van der Waals surface area contributed by atoms with E-state index < -0.39 is 0 Å². The lowest BCUT2D eigenvalue weighted by Gasteiger charge is -2.31. The summed E-state index contributed by atoms with van der Waals surface area (Å²) in [5.74, 6) is 0.773. The molecule has 0 spiro atoms. The standard InChI is InChI=1S/C18H34N2O/c1-4-13-20-18(3,15-19)12-8-9-14-21-17-11-7-6-10-16(17)5-2/h16-17,20H,4-14H2,1-3H3. The normalized spacial score (nSPS) is 25.2. The molecule has 0 radical (unpaired) electrons. The van der Waals surface area contributed by atoms with Crippen LogP contribution in [0.2, 0.25) is 0 Å². The summed E-state index contributed by atoms with van der Waals surface area (Å²) in [6.45, 7) is 8.20. The van der Waals surface area contributed by atoms with Gasteiger partial charge in [0, 0.05) is 6.61 Å². The molecule has 122 valence electrons. The molecule has 21 heavy (non-hydrogen) atoms. The first-order chi connectivity index (χ1) is 10.1. The number of unbranched alkanes of at least 4 members (excludes halogenated alkanes) is 1. The summed E-state index contributed by atoms with van der Waals surface area (Å²) in [6, 6.07) is 2.42. The van der Waals surface area contributed by atoms with E-state index in [9.17, 15) is 5.26 Å². The highest BCUT2D eigenvalue weighted by molar-refractivity contribution is 5.03. The molecule has 0 aromatic rings. The van der Waals surface area contributed by atoms with E-state index in [0.717, 1.165) is 44.8 Å². The Morgan fingerprint density at radius 3 is 2.67 bits per heavy atom. The van der Waals surface area contributed by atoms with Crippen LogP contribution in [0, 0.1) is 17.2 Å². The Balaban J connectivity index is 2.17. The van der Waals surface area contributed by atoms with Gasteiger partial charge in [0.2, 0.25) is 0 Å². The Kier molecular flexibility index (Phi) is 8.96. The summed E-state index contributed by atoms with van der Waals surface area (Å²) in [4.78, 5) is 0. The molecule has 1 saturated carbocycles. The fourth-order valence-corrected chi connectivity index (χ4v) is 3.26. The van der Waals surface area contributed by atoms with Crippen LogP contribution in [0.5, 0.6) is 0 Å². The minimum absolute atomic E-state index is 0.368. The van der Waals surface area contributed by atoms with Crippen molar-refractivity contribution >= 4 is 0 Å². The molecule has 3 heteroatoms. The molecule has 0 bridgehead atoms. The zero-order valence-corrected chi connectivity index (χ0v) is 14.3. The van der Waals surface area contributed by atoms with Crippen molar-refractivity contribution in [3.05, 3.63) is 0 Å².